The Balaban J connectivity index is 1.08. The number of ether oxygens (including phenoxy) is 3. The number of pyridine rings is 1. The summed E-state index contributed by atoms with van der Waals surface area (Å²) in [6.45, 7) is -1.48. The molecule has 20 heteroatoms. The molecule has 0 bridgehead atoms. The molecule has 56 heavy (non-hydrogen) atoms. The first-order chi connectivity index (χ1) is 26.9. The Hall–Kier alpha value is -7.22. The van der Waals surface area contributed by atoms with Crippen LogP contribution in [0.15, 0.2) is 97.1 Å². The summed E-state index contributed by atoms with van der Waals surface area (Å²) in [6.07, 6.45) is -0.928. The first-order valence-corrected chi connectivity index (χ1v) is 18.2. The van der Waals surface area contributed by atoms with E-state index in [-0.39, 0.29) is 48.7 Å². The summed E-state index contributed by atoms with van der Waals surface area (Å²) in [5, 5.41) is 12.9. The third-order valence-electron chi connectivity index (χ3n) is 8.23. The molecule has 7 amide bonds. The van der Waals surface area contributed by atoms with Crippen LogP contribution in [0, 0.1) is 0 Å². The number of alkyl carbamates (subject to hydrolysis) is 1. The number of carbonyl (C=O) groups is 6. The van der Waals surface area contributed by atoms with Gasteiger partial charge >= 0.3 is 34.3 Å². The van der Waals surface area contributed by atoms with Gasteiger partial charge in [-0.3, -0.25) is 19.9 Å². The van der Waals surface area contributed by atoms with Crippen LogP contribution >= 0.6 is 0 Å². The van der Waals surface area contributed by atoms with Crippen molar-refractivity contribution in [1.82, 2.24) is 34.7 Å². The second-order valence-corrected chi connectivity index (χ2v) is 13.7. The minimum Gasteiger partial charge on any atom is -0.485 e. The molecule has 4 N–H and O–H groups in total. The summed E-state index contributed by atoms with van der Waals surface area (Å²) in [6, 6.07) is 23.7. The number of nitrogens with zero attached hydrogens (tertiary/aromatic N) is 4. The number of carboxylic acid groups (broad SMARTS) is 1. The van der Waals surface area contributed by atoms with Gasteiger partial charge in [0.25, 0.3) is 11.8 Å². The predicted molar refractivity (Wildman–Crippen MR) is 192 cm³/mol. The first-order valence-electron chi connectivity index (χ1n) is 16.8. The van der Waals surface area contributed by atoms with Crippen LogP contribution in [0.5, 0.6) is 11.5 Å². The maximum atomic E-state index is 13.4. The van der Waals surface area contributed by atoms with E-state index in [0.29, 0.717) is 26.6 Å². The van der Waals surface area contributed by atoms with Gasteiger partial charge in [-0.25, -0.2) is 38.2 Å². The van der Waals surface area contributed by atoms with Crippen molar-refractivity contribution in [1.29, 1.82) is 0 Å². The van der Waals surface area contributed by atoms with Gasteiger partial charge in [-0.2, -0.15) is 8.42 Å². The average molecular weight is 788 g/mol. The highest BCUT2D eigenvalue weighted by Gasteiger charge is 2.45. The molecule has 2 fully saturated rings. The van der Waals surface area contributed by atoms with Crippen LogP contribution in [0.2, 0.25) is 0 Å². The quantitative estimate of drug-likeness (QED) is 0.134. The van der Waals surface area contributed by atoms with E-state index in [1.807, 2.05) is 0 Å². The molecular weight excluding hydrogens is 755 g/mol. The molecule has 19 nitrogen and oxygen atoms in total. The number of amides is 7. The van der Waals surface area contributed by atoms with Crippen LogP contribution in [0.1, 0.15) is 37.7 Å². The fourth-order valence-corrected chi connectivity index (χ4v) is 6.42. The lowest BCUT2D eigenvalue weighted by molar-refractivity contribution is -0.139. The zero-order chi connectivity index (χ0) is 39.8. The smallest absolute Gasteiger partial charge is 0.408 e. The minimum absolute atomic E-state index is 0.0443. The third kappa shape index (κ3) is 9.10. The number of aromatic carboxylic acids is 1. The van der Waals surface area contributed by atoms with Crippen molar-refractivity contribution in [3.8, 4) is 11.5 Å². The number of likely N-dealkylation sites (tertiary alicyclic amines) is 1. The van der Waals surface area contributed by atoms with Crippen molar-refractivity contribution < 1.29 is 56.5 Å². The van der Waals surface area contributed by atoms with Crippen molar-refractivity contribution in [3.05, 3.63) is 125 Å². The summed E-state index contributed by atoms with van der Waals surface area (Å²) in [5.74, 6) is -3.99. The van der Waals surface area contributed by atoms with Crippen LogP contribution in [-0.2, 0) is 39.6 Å². The molecule has 6 rings (SSSR count). The van der Waals surface area contributed by atoms with E-state index in [2.05, 4.69) is 15.7 Å². The normalized spacial score (nSPS) is 15.1. The highest BCUT2D eigenvalue weighted by Crippen LogP contribution is 2.33. The Kier molecular flexibility index (Phi) is 11.6. The van der Waals surface area contributed by atoms with Gasteiger partial charge < -0.3 is 24.6 Å². The lowest BCUT2D eigenvalue weighted by Gasteiger charge is -2.36. The Morgan fingerprint density at radius 2 is 1.38 bits per heavy atom. The standard InChI is InChI=1S/C36H33N7O12S/c44-31(26-18-28(53-20-23-10-4-1-5-11-23)30(29(37-26)33(46)47)54-21-24-12-6-2-7-13-24)39-42-16-17-43(36(42)50)56(51,52)40-34(48)41-19-27(32(41)45)38-35(49)55-22-25-14-8-3-9-15-25/h1-15,18,27H,16-17,19-22H2,(H,38,49)(H,39,44)(H,40,48)(H,46,47)/t27-/m0/s1. The van der Waals surface area contributed by atoms with E-state index < -0.39 is 70.1 Å². The number of hydrazine groups is 1. The second kappa shape index (κ2) is 16.8. The van der Waals surface area contributed by atoms with Crippen LogP contribution in [-0.4, -0.2) is 94.3 Å². The Bertz CT molecular complexity index is 2250. The number of urea groups is 2. The number of carbonyl (C=O) groups excluding carboxylic acids is 5. The number of rotatable bonds is 14. The summed E-state index contributed by atoms with van der Waals surface area (Å²) in [4.78, 5) is 80.6. The molecule has 290 valence electrons. The van der Waals surface area contributed by atoms with Gasteiger partial charge in [0.2, 0.25) is 0 Å². The Labute approximate surface area is 318 Å². The number of aromatic nitrogens is 1. The topological polar surface area (TPSA) is 243 Å². The van der Waals surface area contributed by atoms with Crippen LogP contribution in [0.25, 0.3) is 0 Å². The zero-order valence-electron chi connectivity index (χ0n) is 29.2. The number of β-lactam (4-membered cyclic amide) rings is 1. The second-order valence-electron chi connectivity index (χ2n) is 12.1. The Morgan fingerprint density at radius 1 is 0.804 bits per heavy atom. The molecule has 0 aliphatic carbocycles. The van der Waals surface area contributed by atoms with Crippen molar-refractivity contribution in [2.45, 2.75) is 25.9 Å². The summed E-state index contributed by atoms with van der Waals surface area (Å²) >= 11 is 0. The third-order valence-corrected chi connectivity index (χ3v) is 9.58. The molecule has 3 aromatic carbocycles. The van der Waals surface area contributed by atoms with E-state index in [9.17, 15) is 42.3 Å². The lowest BCUT2D eigenvalue weighted by atomic mass is 10.1. The van der Waals surface area contributed by atoms with Crippen LogP contribution in [0.4, 0.5) is 14.4 Å². The van der Waals surface area contributed by atoms with Crippen LogP contribution in [0.3, 0.4) is 0 Å². The molecular formula is C36H33N7O12S. The van der Waals surface area contributed by atoms with Gasteiger partial charge in [0, 0.05) is 6.07 Å². The molecule has 2 aliphatic rings. The minimum atomic E-state index is -4.90. The summed E-state index contributed by atoms with van der Waals surface area (Å²) in [5.41, 5.74) is 3.14. The zero-order valence-corrected chi connectivity index (χ0v) is 30.0. The van der Waals surface area contributed by atoms with Gasteiger partial charge in [-0.05, 0) is 16.7 Å². The largest absolute Gasteiger partial charge is 0.485 e. The molecule has 2 aliphatic heterocycles. The number of hydrogen-bond acceptors (Lipinski definition) is 12. The van der Waals surface area contributed by atoms with E-state index >= 15 is 0 Å². The molecule has 0 spiro atoms. The molecule has 0 radical (unpaired) electrons. The van der Waals surface area contributed by atoms with E-state index in [4.69, 9.17) is 14.2 Å². The average Bonchev–Trinajstić information content (AvgIpc) is 3.57. The maximum absolute atomic E-state index is 13.4. The lowest BCUT2D eigenvalue weighted by Crippen LogP contribution is -2.68. The highest BCUT2D eigenvalue weighted by molar-refractivity contribution is 7.88. The van der Waals surface area contributed by atoms with Gasteiger partial charge in [0.15, 0.2) is 17.2 Å². The monoisotopic (exact) mass is 787 g/mol. The molecule has 4 aromatic rings. The summed E-state index contributed by atoms with van der Waals surface area (Å²) < 4.78 is 44.7. The molecule has 0 saturated carbocycles. The molecule has 2 saturated heterocycles. The van der Waals surface area contributed by atoms with Crippen molar-refractivity contribution >= 4 is 46.1 Å². The van der Waals surface area contributed by atoms with E-state index in [1.165, 1.54) is 0 Å². The van der Waals surface area contributed by atoms with E-state index in [1.54, 1.807) is 95.7 Å². The number of carboxylic acids is 1. The fourth-order valence-electron chi connectivity index (χ4n) is 5.35. The number of nitrogens with one attached hydrogen (secondary N) is 3. The summed E-state index contributed by atoms with van der Waals surface area (Å²) in [7, 11) is -4.90. The molecule has 0 unspecified atom stereocenters. The van der Waals surface area contributed by atoms with Gasteiger partial charge in [0.1, 0.15) is 31.6 Å². The number of imide groups is 1. The van der Waals surface area contributed by atoms with Gasteiger partial charge in [-0.15, -0.1) is 0 Å². The van der Waals surface area contributed by atoms with Crippen LogP contribution < -0.4 is 24.9 Å². The van der Waals surface area contributed by atoms with Crippen molar-refractivity contribution in [2.75, 3.05) is 19.6 Å². The van der Waals surface area contributed by atoms with Gasteiger partial charge in [-0.1, -0.05) is 91.0 Å². The fraction of sp³-hybridized carbons (Fsp3) is 0.194. The Morgan fingerprint density at radius 3 is 1.95 bits per heavy atom. The number of hydrogen-bond donors (Lipinski definition) is 4. The number of benzene rings is 3. The SMILES string of the molecule is O=C(N[C@H]1CN(C(=O)NS(=O)(=O)N2CCN(NC(=O)c3cc(OCc4ccccc4)c(OCc4ccccc4)c(C(=O)O)n3)C2=O)C1=O)OCc1ccccc1. The first kappa shape index (κ1) is 38.5. The molecule has 1 aromatic heterocycles. The highest BCUT2D eigenvalue weighted by atomic mass is 32.2. The predicted octanol–water partition coefficient (Wildman–Crippen LogP) is 2.41. The van der Waals surface area contributed by atoms with Gasteiger partial charge in [0.05, 0.1) is 19.6 Å². The van der Waals surface area contributed by atoms with Crippen molar-refractivity contribution in [2.24, 2.45) is 0 Å². The van der Waals surface area contributed by atoms with E-state index in [0.717, 1.165) is 6.07 Å². The maximum Gasteiger partial charge on any atom is 0.408 e. The molecule has 3 heterocycles. The molecule has 1 atom stereocenters. The van der Waals surface area contributed by atoms with Crippen molar-refractivity contribution in [3.63, 3.8) is 0 Å².